The monoisotopic (exact) mass is 206 g/mol. The number of furan rings is 1. The Balaban J connectivity index is 2.01. The molecule has 1 aromatic heterocycles. The predicted octanol–water partition coefficient (Wildman–Crippen LogP) is 0.531. The van der Waals surface area contributed by atoms with Crippen molar-refractivity contribution in [3.8, 4) is 6.07 Å². The average Bonchev–Trinajstić information content (AvgIpc) is 2.74. The Hall–Kier alpha value is -1.80. The molecule has 1 amide bonds. The normalized spacial score (nSPS) is 21.4. The molecule has 1 atom stereocenters. The molecule has 5 nitrogen and oxygen atoms in total. The highest BCUT2D eigenvalue weighted by Gasteiger charge is 2.26. The highest BCUT2D eigenvalue weighted by atomic mass is 16.5. The van der Waals surface area contributed by atoms with Crippen molar-refractivity contribution in [3.05, 3.63) is 24.2 Å². The van der Waals surface area contributed by atoms with Crippen molar-refractivity contribution < 1.29 is 13.9 Å². The molecule has 2 heterocycles. The third-order valence-corrected chi connectivity index (χ3v) is 2.22. The molecule has 1 aromatic rings. The Labute approximate surface area is 86.8 Å². The molecule has 0 bridgehead atoms. The van der Waals surface area contributed by atoms with Gasteiger partial charge >= 0.3 is 0 Å². The van der Waals surface area contributed by atoms with Crippen LogP contribution in [0.3, 0.4) is 0 Å². The van der Waals surface area contributed by atoms with Crippen LogP contribution in [0.2, 0.25) is 0 Å². The Morgan fingerprint density at radius 3 is 3.20 bits per heavy atom. The van der Waals surface area contributed by atoms with E-state index in [1.807, 2.05) is 6.07 Å². The van der Waals surface area contributed by atoms with Gasteiger partial charge in [0, 0.05) is 0 Å². The van der Waals surface area contributed by atoms with E-state index in [-0.39, 0.29) is 12.5 Å². The molecule has 15 heavy (non-hydrogen) atoms. The van der Waals surface area contributed by atoms with Gasteiger partial charge in [0.25, 0.3) is 0 Å². The zero-order valence-electron chi connectivity index (χ0n) is 8.05. The molecular weight excluding hydrogens is 196 g/mol. The van der Waals surface area contributed by atoms with Crippen LogP contribution in [-0.4, -0.2) is 30.1 Å². The van der Waals surface area contributed by atoms with Gasteiger partial charge in [-0.25, -0.2) is 0 Å². The number of hydrogen-bond donors (Lipinski definition) is 0. The minimum absolute atomic E-state index is 0.0288. The Kier molecular flexibility index (Phi) is 2.70. The Morgan fingerprint density at radius 1 is 1.67 bits per heavy atom. The molecule has 0 radical (unpaired) electrons. The van der Waals surface area contributed by atoms with Gasteiger partial charge in [0.15, 0.2) is 6.10 Å². The molecule has 0 spiro atoms. The molecule has 1 aliphatic rings. The van der Waals surface area contributed by atoms with E-state index in [4.69, 9.17) is 14.4 Å². The molecule has 0 N–H and O–H groups in total. The van der Waals surface area contributed by atoms with E-state index >= 15 is 0 Å². The maximum absolute atomic E-state index is 11.4. The lowest BCUT2D eigenvalue weighted by molar-refractivity contribution is -0.146. The van der Waals surface area contributed by atoms with Crippen LogP contribution in [0.1, 0.15) is 5.76 Å². The molecule has 1 fully saturated rings. The highest BCUT2D eigenvalue weighted by Crippen LogP contribution is 2.11. The van der Waals surface area contributed by atoms with E-state index < -0.39 is 6.10 Å². The van der Waals surface area contributed by atoms with Crippen molar-refractivity contribution in [2.75, 3.05) is 13.2 Å². The van der Waals surface area contributed by atoms with Crippen molar-refractivity contribution in [1.82, 2.24) is 4.90 Å². The number of carbonyl (C=O) groups excluding carboxylic acids is 1. The standard InChI is InChI=1S/C10H10N2O3/c11-4-9-6-12(10(13)7-15-9)5-8-2-1-3-14-8/h1-3,9H,5-7H2. The van der Waals surface area contributed by atoms with Crippen molar-refractivity contribution in [1.29, 1.82) is 5.26 Å². The maximum atomic E-state index is 11.4. The topological polar surface area (TPSA) is 66.5 Å². The lowest BCUT2D eigenvalue weighted by atomic mass is 10.2. The first-order valence-corrected chi connectivity index (χ1v) is 4.61. The van der Waals surface area contributed by atoms with Gasteiger partial charge in [-0.05, 0) is 12.1 Å². The smallest absolute Gasteiger partial charge is 0.249 e. The van der Waals surface area contributed by atoms with Gasteiger partial charge in [-0.2, -0.15) is 5.26 Å². The number of ether oxygens (including phenoxy) is 1. The summed E-state index contributed by atoms with van der Waals surface area (Å²) in [5, 5.41) is 8.68. The average molecular weight is 206 g/mol. The first-order chi connectivity index (χ1) is 7.29. The van der Waals surface area contributed by atoms with Crippen molar-refractivity contribution in [3.63, 3.8) is 0 Å². The zero-order chi connectivity index (χ0) is 10.7. The number of hydrogen-bond acceptors (Lipinski definition) is 4. The minimum atomic E-state index is -0.530. The van der Waals surface area contributed by atoms with Crippen molar-refractivity contribution >= 4 is 5.91 Å². The lowest BCUT2D eigenvalue weighted by Crippen LogP contribution is -2.45. The summed E-state index contributed by atoms with van der Waals surface area (Å²) in [4.78, 5) is 13.0. The van der Waals surface area contributed by atoms with E-state index in [1.165, 1.54) is 0 Å². The predicted molar refractivity (Wildman–Crippen MR) is 49.5 cm³/mol. The Bertz CT molecular complexity index is 380. The third-order valence-electron chi connectivity index (χ3n) is 2.22. The summed E-state index contributed by atoms with van der Waals surface area (Å²) >= 11 is 0. The third kappa shape index (κ3) is 2.17. The van der Waals surface area contributed by atoms with Crippen molar-refractivity contribution in [2.45, 2.75) is 12.6 Å². The molecule has 2 rings (SSSR count). The maximum Gasteiger partial charge on any atom is 0.249 e. The van der Waals surface area contributed by atoms with Crippen LogP contribution in [0.4, 0.5) is 0 Å². The van der Waals surface area contributed by atoms with Crippen LogP contribution in [-0.2, 0) is 16.1 Å². The molecule has 1 saturated heterocycles. The molecule has 0 aromatic carbocycles. The first kappa shape index (κ1) is 9.74. The van der Waals surface area contributed by atoms with Crippen LogP contribution in [0.15, 0.2) is 22.8 Å². The number of rotatable bonds is 2. The van der Waals surface area contributed by atoms with Crippen LogP contribution in [0.25, 0.3) is 0 Å². The van der Waals surface area contributed by atoms with Crippen LogP contribution < -0.4 is 0 Å². The number of morpholine rings is 1. The quantitative estimate of drug-likeness (QED) is 0.708. The van der Waals surface area contributed by atoms with Crippen LogP contribution >= 0.6 is 0 Å². The van der Waals surface area contributed by atoms with Gasteiger partial charge in [-0.3, -0.25) is 4.79 Å². The molecule has 1 aliphatic heterocycles. The molecular formula is C10H10N2O3. The lowest BCUT2D eigenvalue weighted by Gasteiger charge is -2.28. The fourth-order valence-electron chi connectivity index (χ4n) is 1.44. The second-order valence-corrected chi connectivity index (χ2v) is 3.28. The molecule has 0 saturated carbocycles. The van der Waals surface area contributed by atoms with E-state index in [0.29, 0.717) is 18.8 Å². The van der Waals surface area contributed by atoms with Gasteiger partial charge < -0.3 is 14.1 Å². The Morgan fingerprint density at radius 2 is 2.53 bits per heavy atom. The summed E-state index contributed by atoms with van der Waals surface area (Å²) in [5.74, 6) is 0.597. The van der Waals surface area contributed by atoms with E-state index in [9.17, 15) is 4.79 Å². The fourth-order valence-corrected chi connectivity index (χ4v) is 1.44. The molecule has 78 valence electrons. The fraction of sp³-hybridized carbons (Fsp3) is 0.400. The number of nitrogens with zero attached hydrogens (tertiary/aromatic N) is 2. The highest BCUT2D eigenvalue weighted by molar-refractivity contribution is 5.78. The van der Waals surface area contributed by atoms with Gasteiger partial charge in [-0.1, -0.05) is 0 Å². The van der Waals surface area contributed by atoms with E-state index in [2.05, 4.69) is 0 Å². The summed E-state index contributed by atoms with van der Waals surface area (Å²) < 4.78 is 10.1. The number of nitriles is 1. The van der Waals surface area contributed by atoms with E-state index in [0.717, 1.165) is 0 Å². The largest absolute Gasteiger partial charge is 0.467 e. The van der Waals surface area contributed by atoms with Gasteiger partial charge in [-0.15, -0.1) is 0 Å². The van der Waals surface area contributed by atoms with Crippen molar-refractivity contribution in [2.24, 2.45) is 0 Å². The van der Waals surface area contributed by atoms with Crippen LogP contribution in [0.5, 0.6) is 0 Å². The second kappa shape index (κ2) is 4.15. The van der Waals surface area contributed by atoms with E-state index in [1.54, 1.807) is 23.3 Å². The summed E-state index contributed by atoms with van der Waals surface area (Å²) in [7, 11) is 0. The van der Waals surface area contributed by atoms with Gasteiger partial charge in [0.1, 0.15) is 12.4 Å². The van der Waals surface area contributed by atoms with Gasteiger partial charge in [0.2, 0.25) is 5.91 Å². The summed E-state index contributed by atoms with van der Waals surface area (Å²) in [6.45, 7) is 0.669. The zero-order valence-corrected chi connectivity index (χ0v) is 8.05. The SMILES string of the molecule is N#CC1CN(Cc2ccco2)C(=O)CO1. The number of carbonyl (C=O) groups is 1. The molecule has 0 aliphatic carbocycles. The number of amides is 1. The van der Waals surface area contributed by atoms with Crippen LogP contribution in [0, 0.1) is 11.3 Å². The summed E-state index contributed by atoms with van der Waals surface area (Å²) in [5.41, 5.74) is 0. The summed E-state index contributed by atoms with van der Waals surface area (Å²) in [6.07, 6.45) is 1.03. The molecule has 1 unspecified atom stereocenters. The molecule has 5 heteroatoms. The van der Waals surface area contributed by atoms with Gasteiger partial charge in [0.05, 0.1) is 25.4 Å². The second-order valence-electron chi connectivity index (χ2n) is 3.28. The summed E-state index contributed by atoms with van der Waals surface area (Å²) in [6, 6.07) is 5.55. The minimum Gasteiger partial charge on any atom is -0.467 e. The first-order valence-electron chi connectivity index (χ1n) is 4.61.